The smallest absolute Gasteiger partial charge is 0.335 e. The number of hydrogen-bond acceptors (Lipinski definition) is 7. The van der Waals surface area contributed by atoms with Crippen molar-refractivity contribution in [3.05, 3.63) is 82.9 Å². The number of pyridine rings is 1. The number of aromatic nitrogens is 3. The highest BCUT2D eigenvalue weighted by atomic mass is 19.1. The lowest BCUT2D eigenvalue weighted by atomic mass is 9.91. The molecule has 2 aromatic heterocycles. The maximum Gasteiger partial charge on any atom is 0.335 e. The van der Waals surface area contributed by atoms with Gasteiger partial charge >= 0.3 is 5.97 Å². The third kappa shape index (κ3) is 4.94. The van der Waals surface area contributed by atoms with Gasteiger partial charge in [0, 0.05) is 37.7 Å². The van der Waals surface area contributed by atoms with Gasteiger partial charge in [-0.05, 0) is 67.0 Å². The molecule has 4 heterocycles. The van der Waals surface area contributed by atoms with Crippen LogP contribution in [0.4, 0.5) is 10.2 Å². The third-order valence-corrected chi connectivity index (χ3v) is 9.03. The number of nitriles is 1. The van der Waals surface area contributed by atoms with Crippen molar-refractivity contribution in [2.45, 2.75) is 44.9 Å². The van der Waals surface area contributed by atoms with Crippen molar-refractivity contribution in [1.29, 1.82) is 5.26 Å². The third-order valence-electron chi connectivity index (χ3n) is 9.03. The molecule has 9 nitrogen and oxygen atoms in total. The standard InChI is InChI=1S/C32H30FN5O4/c33-25-12-20(16-34)4-5-22(25)19-42-30-3-1-2-28(36-30)37-10-9-32(14-23(32)17-37)15-29-35-26-7-6-21(31(39)40)13-27(26)38(29)18-24-8-11-41-24/h1-7,12-13,23-24H,8-11,14-15,17-19H2,(H,39,40)/t23-,24-,32-/m0/s1. The van der Waals surface area contributed by atoms with Crippen LogP contribution in [0.3, 0.4) is 0 Å². The average Bonchev–Trinajstić information content (AvgIpc) is 3.59. The van der Waals surface area contributed by atoms with E-state index in [1.165, 1.54) is 6.07 Å². The summed E-state index contributed by atoms with van der Waals surface area (Å²) in [7, 11) is 0. The van der Waals surface area contributed by atoms with E-state index in [1.54, 1.807) is 30.3 Å². The fraction of sp³-hybridized carbons (Fsp3) is 0.375. The second kappa shape index (κ2) is 10.4. The molecule has 1 aliphatic carbocycles. The first-order valence-electron chi connectivity index (χ1n) is 14.3. The van der Waals surface area contributed by atoms with Gasteiger partial charge in [-0.3, -0.25) is 0 Å². The van der Waals surface area contributed by atoms with Gasteiger partial charge < -0.3 is 24.0 Å². The monoisotopic (exact) mass is 567 g/mol. The summed E-state index contributed by atoms with van der Waals surface area (Å²) in [5.74, 6) is 1.36. The summed E-state index contributed by atoms with van der Waals surface area (Å²) in [4.78, 5) is 23.6. The van der Waals surface area contributed by atoms with Crippen LogP contribution in [0.15, 0.2) is 54.6 Å². The van der Waals surface area contributed by atoms with E-state index >= 15 is 0 Å². The number of piperidine rings is 1. The number of anilines is 1. The molecule has 3 atom stereocenters. The lowest BCUT2D eigenvalue weighted by molar-refractivity contribution is -0.0591. The van der Waals surface area contributed by atoms with E-state index in [1.807, 2.05) is 24.3 Å². The van der Waals surface area contributed by atoms with Crippen LogP contribution in [0.25, 0.3) is 11.0 Å². The number of carboxylic acid groups (broad SMARTS) is 1. The minimum Gasteiger partial charge on any atom is -0.478 e. The lowest BCUT2D eigenvalue weighted by Crippen LogP contribution is -2.36. The Morgan fingerprint density at radius 1 is 1.21 bits per heavy atom. The molecule has 0 unspecified atom stereocenters. The number of halogens is 1. The molecule has 0 amide bonds. The number of hydrogen-bond donors (Lipinski definition) is 1. The molecule has 3 fully saturated rings. The van der Waals surface area contributed by atoms with Gasteiger partial charge in [0.05, 0.1) is 40.9 Å². The summed E-state index contributed by atoms with van der Waals surface area (Å²) in [5, 5.41) is 18.5. The Bertz CT molecular complexity index is 1730. The fourth-order valence-electron chi connectivity index (χ4n) is 6.36. The molecule has 42 heavy (non-hydrogen) atoms. The minimum atomic E-state index is -0.941. The van der Waals surface area contributed by atoms with E-state index in [0.29, 0.717) is 23.9 Å². The summed E-state index contributed by atoms with van der Waals surface area (Å²) < 4.78 is 28.0. The van der Waals surface area contributed by atoms with Crippen LogP contribution in [0, 0.1) is 28.5 Å². The summed E-state index contributed by atoms with van der Waals surface area (Å²) in [6, 6.07) is 17.1. The topological polar surface area (TPSA) is 114 Å². The van der Waals surface area contributed by atoms with Crippen LogP contribution in [0.5, 0.6) is 5.88 Å². The quantitative estimate of drug-likeness (QED) is 0.302. The van der Waals surface area contributed by atoms with Crippen molar-refractivity contribution in [2.75, 3.05) is 24.6 Å². The van der Waals surface area contributed by atoms with E-state index in [-0.39, 0.29) is 29.3 Å². The van der Waals surface area contributed by atoms with Crippen LogP contribution in [0.2, 0.25) is 0 Å². The highest BCUT2D eigenvalue weighted by molar-refractivity contribution is 5.92. The lowest BCUT2D eigenvalue weighted by Gasteiger charge is -2.33. The van der Waals surface area contributed by atoms with Crippen LogP contribution >= 0.6 is 0 Å². The van der Waals surface area contributed by atoms with Crippen molar-refractivity contribution in [3.8, 4) is 11.9 Å². The van der Waals surface area contributed by atoms with Crippen molar-refractivity contribution in [3.63, 3.8) is 0 Å². The molecular formula is C32H30FN5O4. The normalized spacial score (nSPS) is 22.7. The molecule has 2 aromatic carbocycles. The second-order valence-corrected chi connectivity index (χ2v) is 11.6. The van der Waals surface area contributed by atoms with Gasteiger partial charge in [-0.15, -0.1) is 0 Å². The number of ether oxygens (including phenoxy) is 2. The summed E-state index contributed by atoms with van der Waals surface area (Å²) >= 11 is 0. The first-order chi connectivity index (χ1) is 20.4. The Labute approximate surface area is 242 Å². The van der Waals surface area contributed by atoms with Gasteiger partial charge in [0.1, 0.15) is 24.1 Å². The number of aromatic carboxylic acids is 1. The van der Waals surface area contributed by atoms with Crippen LogP contribution < -0.4 is 9.64 Å². The maximum atomic E-state index is 14.3. The van der Waals surface area contributed by atoms with Crippen molar-refractivity contribution >= 4 is 22.8 Å². The molecular weight excluding hydrogens is 537 g/mol. The average molecular weight is 568 g/mol. The molecule has 1 N–H and O–H groups in total. The molecule has 0 bridgehead atoms. The van der Waals surface area contributed by atoms with E-state index in [9.17, 15) is 14.3 Å². The SMILES string of the molecule is N#Cc1ccc(COc2cccc(N3CC[C@@]4(Cc5nc6ccc(C(=O)O)cc6n5C[C@@H]5CCO5)C[C@H]4C3)n2)c(F)c1. The molecule has 4 aromatic rings. The number of carbonyl (C=O) groups is 1. The van der Waals surface area contributed by atoms with Gasteiger partial charge in [-0.25, -0.2) is 14.2 Å². The molecule has 7 rings (SSSR count). The highest BCUT2D eigenvalue weighted by Crippen LogP contribution is 2.60. The largest absolute Gasteiger partial charge is 0.478 e. The van der Waals surface area contributed by atoms with E-state index in [0.717, 1.165) is 68.1 Å². The zero-order valence-corrected chi connectivity index (χ0v) is 23.0. The first-order valence-corrected chi connectivity index (χ1v) is 14.3. The van der Waals surface area contributed by atoms with E-state index in [4.69, 9.17) is 24.7 Å². The predicted molar refractivity (Wildman–Crippen MR) is 152 cm³/mol. The zero-order valence-electron chi connectivity index (χ0n) is 23.0. The number of benzene rings is 2. The number of nitrogens with zero attached hydrogens (tertiary/aromatic N) is 5. The van der Waals surface area contributed by atoms with Crippen LogP contribution in [-0.2, 0) is 24.3 Å². The highest BCUT2D eigenvalue weighted by Gasteiger charge is 2.57. The number of imidazole rings is 1. The van der Waals surface area contributed by atoms with Gasteiger partial charge in [0.2, 0.25) is 5.88 Å². The molecule has 2 saturated heterocycles. The second-order valence-electron chi connectivity index (χ2n) is 11.6. The summed E-state index contributed by atoms with van der Waals surface area (Å²) in [6.45, 7) is 3.22. The molecule has 0 spiro atoms. The Morgan fingerprint density at radius 2 is 2.10 bits per heavy atom. The molecule has 214 valence electrons. The predicted octanol–water partition coefficient (Wildman–Crippen LogP) is 4.97. The molecule has 2 aliphatic heterocycles. The zero-order chi connectivity index (χ0) is 28.8. The Kier molecular flexibility index (Phi) is 6.54. The van der Waals surface area contributed by atoms with Gasteiger partial charge in [0.15, 0.2) is 0 Å². The van der Waals surface area contributed by atoms with E-state index < -0.39 is 11.8 Å². The molecule has 10 heteroatoms. The Hall–Kier alpha value is -4.49. The van der Waals surface area contributed by atoms with E-state index in [2.05, 4.69) is 9.47 Å². The maximum absolute atomic E-state index is 14.3. The number of rotatable bonds is 9. The fourth-order valence-corrected chi connectivity index (χ4v) is 6.36. The summed E-state index contributed by atoms with van der Waals surface area (Å²) in [6.07, 6.45) is 4.10. The van der Waals surface area contributed by atoms with Crippen LogP contribution in [-0.4, -0.2) is 51.4 Å². The molecule has 3 aliphatic rings. The Balaban J connectivity index is 1.04. The van der Waals surface area contributed by atoms with Crippen molar-refractivity contribution in [2.24, 2.45) is 11.3 Å². The molecule has 1 saturated carbocycles. The minimum absolute atomic E-state index is 0.0284. The van der Waals surface area contributed by atoms with Gasteiger partial charge in [-0.1, -0.05) is 12.1 Å². The Morgan fingerprint density at radius 3 is 2.83 bits per heavy atom. The number of carboxylic acids is 1. The number of fused-ring (bicyclic) bond motifs is 2. The molecule has 0 radical (unpaired) electrons. The van der Waals surface area contributed by atoms with Gasteiger partial charge in [-0.2, -0.15) is 10.2 Å². The first kappa shape index (κ1) is 26.4. The van der Waals surface area contributed by atoms with Crippen molar-refractivity contribution < 1.29 is 23.8 Å². The van der Waals surface area contributed by atoms with Crippen molar-refractivity contribution in [1.82, 2.24) is 14.5 Å². The van der Waals surface area contributed by atoms with Gasteiger partial charge in [0.25, 0.3) is 0 Å². The van der Waals surface area contributed by atoms with Crippen LogP contribution in [0.1, 0.15) is 46.6 Å². The summed E-state index contributed by atoms with van der Waals surface area (Å²) in [5.41, 5.74) is 2.76.